The molecule has 3 heterocycles. The number of imidazole rings is 1. The third kappa shape index (κ3) is 6.10. The quantitative estimate of drug-likeness (QED) is 0.269. The van der Waals surface area contributed by atoms with Crippen molar-refractivity contribution in [2.75, 3.05) is 45.8 Å². The average molecular weight is 531 g/mol. The summed E-state index contributed by atoms with van der Waals surface area (Å²) in [5, 5.41) is 3.21. The van der Waals surface area contributed by atoms with Crippen molar-refractivity contribution in [1.82, 2.24) is 24.4 Å². The van der Waals surface area contributed by atoms with Crippen molar-refractivity contribution in [2.24, 2.45) is 0 Å². The lowest BCUT2D eigenvalue weighted by Gasteiger charge is -2.27. The minimum Gasteiger partial charge on any atom is -0.497 e. The third-order valence-electron chi connectivity index (χ3n) is 7.05. The molecule has 0 amide bonds. The van der Waals surface area contributed by atoms with E-state index in [4.69, 9.17) is 19.4 Å². The van der Waals surface area contributed by atoms with Gasteiger partial charge in [0.1, 0.15) is 17.4 Å². The minimum atomic E-state index is -0.270. The fourth-order valence-electron chi connectivity index (χ4n) is 5.18. The number of benzene rings is 2. The van der Waals surface area contributed by atoms with E-state index in [2.05, 4.69) is 31.9 Å². The van der Waals surface area contributed by atoms with Gasteiger partial charge < -0.3 is 19.4 Å². The zero-order chi connectivity index (χ0) is 27.2. The van der Waals surface area contributed by atoms with Crippen molar-refractivity contribution in [3.05, 3.63) is 78.0 Å². The molecule has 39 heavy (non-hydrogen) atoms. The number of aromatic nitrogens is 4. The van der Waals surface area contributed by atoms with E-state index < -0.39 is 0 Å². The predicted molar refractivity (Wildman–Crippen MR) is 150 cm³/mol. The molecule has 0 unspecified atom stereocenters. The van der Waals surface area contributed by atoms with E-state index in [0.717, 1.165) is 73.2 Å². The van der Waals surface area contributed by atoms with Crippen LogP contribution < -0.4 is 10.1 Å². The molecule has 0 spiro atoms. The lowest BCUT2D eigenvalue weighted by atomic mass is 10.1. The maximum absolute atomic E-state index is 13.8. The maximum atomic E-state index is 13.8. The van der Waals surface area contributed by atoms with Crippen molar-refractivity contribution >= 4 is 5.95 Å². The number of nitrogens with zero attached hydrogens (tertiary/aromatic N) is 5. The second kappa shape index (κ2) is 12.4. The Balaban J connectivity index is 1.51. The van der Waals surface area contributed by atoms with Gasteiger partial charge in [-0.1, -0.05) is 12.1 Å². The van der Waals surface area contributed by atoms with Crippen molar-refractivity contribution in [1.29, 1.82) is 0 Å². The standard InChI is InChI=1S/C30H35FN6O2/c1-4-32-30-33-16-15-26(34-30)29-28(22-7-9-23(31)10-8-22)35-27-14-11-24(37(27)29)20-36(17-18-38-2)19-21-5-12-25(39-3)13-6-21/h5-10,12-13,15-16,24H,4,11,14,17-20H2,1-3H3,(H,32,33,34)/t24-/m0/s1. The molecular weight excluding hydrogens is 495 g/mol. The summed E-state index contributed by atoms with van der Waals surface area (Å²) in [6.45, 7) is 5.82. The Hall–Kier alpha value is -3.82. The molecule has 0 radical (unpaired) electrons. The molecule has 9 heteroatoms. The number of aryl methyl sites for hydroxylation is 1. The molecule has 2 aromatic carbocycles. The summed E-state index contributed by atoms with van der Waals surface area (Å²) in [5.41, 5.74) is 4.63. The zero-order valence-corrected chi connectivity index (χ0v) is 22.7. The summed E-state index contributed by atoms with van der Waals surface area (Å²) in [7, 11) is 3.42. The van der Waals surface area contributed by atoms with E-state index in [0.29, 0.717) is 12.6 Å². The van der Waals surface area contributed by atoms with E-state index in [1.54, 1.807) is 32.5 Å². The van der Waals surface area contributed by atoms with Gasteiger partial charge in [-0.3, -0.25) is 4.90 Å². The van der Waals surface area contributed by atoms with Crippen molar-refractivity contribution in [3.63, 3.8) is 0 Å². The highest BCUT2D eigenvalue weighted by molar-refractivity contribution is 5.78. The van der Waals surface area contributed by atoms with Crippen LogP contribution >= 0.6 is 0 Å². The summed E-state index contributed by atoms with van der Waals surface area (Å²) in [5.74, 6) is 2.18. The van der Waals surface area contributed by atoms with Gasteiger partial charge in [0, 0.05) is 57.5 Å². The monoisotopic (exact) mass is 530 g/mol. The van der Waals surface area contributed by atoms with Gasteiger partial charge in [0.25, 0.3) is 0 Å². The topological polar surface area (TPSA) is 77.3 Å². The normalized spacial score (nSPS) is 14.5. The first kappa shape index (κ1) is 26.8. The van der Waals surface area contributed by atoms with Crippen LogP contribution in [-0.4, -0.2) is 64.9 Å². The largest absolute Gasteiger partial charge is 0.497 e. The predicted octanol–water partition coefficient (Wildman–Crippen LogP) is 5.22. The minimum absolute atomic E-state index is 0.198. The van der Waals surface area contributed by atoms with Gasteiger partial charge in [0.15, 0.2) is 0 Å². The van der Waals surface area contributed by atoms with Gasteiger partial charge in [-0.2, -0.15) is 0 Å². The van der Waals surface area contributed by atoms with Gasteiger partial charge in [0.05, 0.1) is 30.8 Å². The van der Waals surface area contributed by atoms with Crippen LogP contribution in [0.5, 0.6) is 5.75 Å². The molecule has 8 nitrogen and oxygen atoms in total. The number of hydrogen-bond acceptors (Lipinski definition) is 7. The van der Waals surface area contributed by atoms with E-state index in [1.165, 1.54) is 17.7 Å². The fourth-order valence-corrected chi connectivity index (χ4v) is 5.18. The van der Waals surface area contributed by atoms with Crippen LogP contribution in [0.25, 0.3) is 22.6 Å². The smallest absolute Gasteiger partial charge is 0.223 e. The molecule has 1 aliphatic heterocycles. The molecule has 0 saturated carbocycles. The maximum Gasteiger partial charge on any atom is 0.223 e. The number of rotatable bonds is 12. The summed E-state index contributed by atoms with van der Waals surface area (Å²) >= 11 is 0. The Bertz CT molecular complexity index is 1370. The van der Waals surface area contributed by atoms with E-state index in [-0.39, 0.29) is 11.9 Å². The summed E-state index contributed by atoms with van der Waals surface area (Å²) in [4.78, 5) is 16.7. The summed E-state index contributed by atoms with van der Waals surface area (Å²) in [6.07, 6.45) is 3.62. The van der Waals surface area contributed by atoms with E-state index in [9.17, 15) is 4.39 Å². The Morgan fingerprint density at radius 2 is 1.85 bits per heavy atom. The third-order valence-corrected chi connectivity index (χ3v) is 7.05. The number of ether oxygens (including phenoxy) is 2. The van der Waals surface area contributed by atoms with E-state index in [1.807, 2.05) is 25.1 Å². The first-order valence-electron chi connectivity index (χ1n) is 13.4. The van der Waals surface area contributed by atoms with Gasteiger partial charge in [0.2, 0.25) is 5.95 Å². The van der Waals surface area contributed by atoms with Crippen LogP contribution in [0.3, 0.4) is 0 Å². The van der Waals surface area contributed by atoms with Gasteiger partial charge in [-0.05, 0) is 61.4 Å². The van der Waals surface area contributed by atoms with Gasteiger partial charge >= 0.3 is 0 Å². The number of anilines is 1. The lowest BCUT2D eigenvalue weighted by Crippen LogP contribution is -2.32. The molecule has 1 aliphatic rings. The first-order chi connectivity index (χ1) is 19.1. The average Bonchev–Trinajstić information content (AvgIpc) is 3.53. The Labute approximate surface area is 228 Å². The molecule has 2 aromatic heterocycles. The molecule has 0 bridgehead atoms. The number of halogens is 1. The Morgan fingerprint density at radius 3 is 2.56 bits per heavy atom. The number of hydrogen-bond donors (Lipinski definition) is 1. The number of fused-ring (bicyclic) bond motifs is 1. The second-order valence-corrected chi connectivity index (χ2v) is 9.67. The van der Waals surface area contributed by atoms with Crippen LogP contribution in [0.15, 0.2) is 60.8 Å². The zero-order valence-electron chi connectivity index (χ0n) is 22.7. The Kier molecular flexibility index (Phi) is 8.48. The highest BCUT2D eigenvalue weighted by Gasteiger charge is 2.32. The molecule has 204 valence electrons. The summed E-state index contributed by atoms with van der Waals surface area (Å²) in [6, 6.07) is 16.9. The molecule has 0 aliphatic carbocycles. The van der Waals surface area contributed by atoms with Crippen LogP contribution in [0.4, 0.5) is 10.3 Å². The van der Waals surface area contributed by atoms with Crippen LogP contribution in [0.2, 0.25) is 0 Å². The lowest BCUT2D eigenvalue weighted by molar-refractivity contribution is 0.134. The van der Waals surface area contributed by atoms with Crippen molar-refractivity contribution in [2.45, 2.75) is 32.4 Å². The summed E-state index contributed by atoms with van der Waals surface area (Å²) < 4.78 is 26.9. The fraction of sp³-hybridized carbons (Fsp3) is 0.367. The molecule has 0 saturated heterocycles. The molecule has 0 fully saturated rings. The molecule has 4 aromatic rings. The van der Waals surface area contributed by atoms with Crippen molar-refractivity contribution < 1.29 is 13.9 Å². The van der Waals surface area contributed by atoms with E-state index >= 15 is 0 Å². The molecule has 1 N–H and O–H groups in total. The SMILES string of the molecule is CCNc1nccc(-c2c(-c3ccc(F)cc3)nc3n2[C@H](CN(CCOC)Cc2ccc(OC)cc2)CC3)n1. The Morgan fingerprint density at radius 1 is 1.05 bits per heavy atom. The van der Waals surface area contributed by atoms with Crippen LogP contribution in [-0.2, 0) is 17.7 Å². The number of nitrogens with one attached hydrogen (secondary N) is 1. The highest BCUT2D eigenvalue weighted by atomic mass is 19.1. The second-order valence-electron chi connectivity index (χ2n) is 9.67. The van der Waals surface area contributed by atoms with Crippen LogP contribution in [0.1, 0.15) is 30.8 Å². The van der Waals surface area contributed by atoms with Crippen LogP contribution in [0, 0.1) is 5.82 Å². The highest BCUT2D eigenvalue weighted by Crippen LogP contribution is 2.39. The molecule has 1 atom stereocenters. The first-order valence-corrected chi connectivity index (χ1v) is 13.4. The van der Waals surface area contributed by atoms with Gasteiger partial charge in [-0.25, -0.2) is 19.3 Å². The number of methoxy groups -OCH3 is 2. The molecular formula is C30H35FN6O2. The van der Waals surface area contributed by atoms with Gasteiger partial charge in [-0.15, -0.1) is 0 Å². The van der Waals surface area contributed by atoms with Crippen molar-refractivity contribution in [3.8, 4) is 28.4 Å². The molecule has 5 rings (SSSR count).